The smallest absolute Gasteiger partial charge is 0.337 e. The van der Waals surface area contributed by atoms with E-state index in [1.165, 1.54) is 41.6 Å². The summed E-state index contributed by atoms with van der Waals surface area (Å²) in [6.45, 7) is 0.650. The first kappa shape index (κ1) is 20.0. The maximum atomic E-state index is 13.9. The molecule has 0 aliphatic rings. The lowest BCUT2D eigenvalue weighted by atomic mass is 10.1. The lowest BCUT2D eigenvalue weighted by Gasteiger charge is -2.13. The van der Waals surface area contributed by atoms with Crippen LogP contribution in [0.5, 0.6) is 0 Å². The van der Waals surface area contributed by atoms with Gasteiger partial charge in [0, 0.05) is 12.9 Å². The fourth-order valence-electron chi connectivity index (χ4n) is 2.69. The molecule has 0 bridgehead atoms. The third kappa shape index (κ3) is 4.23. The van der Waals surface area contributed by atoms with Crippen molar-refractivity contribution in [2.75, 3.05) is 20.8 Å². The Balaban J connectivity index is 2.04. The number of halogens is 1. The van der Waals surface area contributed by atoms with Crippen molar-refractivity contribution in [1.29, 1.82) is 0 Å². The van der Waals surface area contributed by atoms with E-state index in [0.717, 1.165) is 0 Å². The number of nitrogens with zero attached hydrogens (tertiary/aromatic N) is 2. The number of esters is 1. The molecule has 3 rings (SSSR count). The van der Waals surface area contributed by atoms with Gasteiger partial charge in [0.1, 0.15) is 5.82 Å². The Labute approximate surface area is 165 Å². The van der Waals surface area contributed by atoms with Gasteiger partial charge >= 0.3 is 5.97 Å². The van der Waals surface area contributed by atoms with Crippen molar-refractivity contribution in [3.8, 4) is 0 Å². The van der Waals surface area contributed by atoms with E-state index >= 15 is 0 Å². The van der Waals surface area contributed by atoms with Gasteiger partial charge in [-0.15, -0.1) is 0 Å². The van der Waals surface area contributed by atoms with Crippen molar-refractivity contribution < 1.29 is 18.7 Å². The third-order valence-corrected chi connectivity index (χ3v) is 5.20. The Morgan fingerprint density at radius 3 is 2.71 bits per heavy atom. The van der Waals surface area contributed by atoms with Crippen LogP contribution in [0.3, 0.4) is 0 Å². The molecule has 0 aliphatic heterocycles. The molecule has 0 N–H and O–H groups in total. The van der Waals surface area contributed by atoms with Crippen LogP contribution in [0.1, 0.15) is 15.9 Å². The topological polar surface area (TPSA) is 70.4 Å². The number of ether oxygens (including phenoxy) is 2. The fraction of sp³-hybridized carbons (Fsp3) is 0.250. The van der Waals surface area contributed by atoms with E-state index in [4.69, 9.17) is 9.47 Å². The molecule has 0 spiro atoms. The summed E-state index contributed by atoms with van der Waals surface area (Å²) in [7, 11) is 2.84. The maximum Gasteiger partial charge on any atom is 0.337 e. The SMILES string of the molecule is COCCn1c(SCc2ccccc2F)nc2cc(C(=O)OC)ccc2c1=O. The van der Waals surface area contributed by atoms with Crippen molar-refractivity contribution in [2.45, 2.75) is 17.5 Å². The minimum Gasteiger partial charge on any atom is -0.465 e. The van der Waals surface area contributed by atoms with E-state index in [1.807, 2.05) is 0 Å². The van der Waals surface area contributed by atoms with Gasteiger partial charge in [0.15, 0.2) is 5.16 Å². The molecule has 3 aromatic rings. The van der Waals surface area contributed by atoms with Crippen molar-refractivity contribution >= 4 is 28.6 Å². The highest BCUT2D eigenvalue weighted by Crippen LogP contribution is 2.24. The first-order chi connectivity index (χ1) is 13.5. The predicted molar refractivity (Wildman–Crippen MR) is 105 cm³/mol. The Morgan fingerprint density at radius 2 is 2.00 bits per heavy atom. The van der Waals surface area contributed by atoms with Gasteiger partial charge in [-0.2, -0.15) is 0 Å². The van der Waals surface area contributed by atoms with Crippen LogP contribution in [-0.4, -0.2) is 36.3 Å². The van der Waals surface area contributed by atoms with Crippen LogP contribution >= 0.6 is 11.8 Å². The number of carbonyl (C=O) groups excluding carboxylic acids is 1. The summed E-state index contributed by atoms with van der Waals surface area (Å²) in [6, 6.07) is 11.1. The molecular formula is C20H19FN2O4S. The molecule has 0 atom stereocenters. The van der Waals surface area contributed by atoms with Crippen molar-refractivity contribution in [3.05, 3.63) is 69.8 Å². The van der Waals surface area contributed by atoms with Gasteiger partial charge in [0.2, 0.25) is 0 Å². The molecule has 0 saturated heterocycles. The number of fused-ring (bicyclic) bond motifs is 1. The normalized spacial score (nSPS) is 11.0. The highest BCUT2D eigenvalue weighted by molar-refractivity contribution is 7.98. The Hall–Kier alpha value is -2.71. The first-order valence-corrected chi connectivity index (χ1v) is 9.51. The minimum absolute atomic E-state index is 0.241. The van der Waals surface area contributed by atoms with Gasteiger partial charge in [-0.25, -0.2) is 14.2 Å². The minimum atomic E-state index is -0.507. The van der Waals surface area contributed by atoms with Gasteiger partial charge in [-0.3, -0.25) is 9.36 Å². The molecule has 0 amide bonds. The number of benzene rings is 2. The zero-order valence-electron chi connectivity index (χ0n) is 15.5. The van der Waals surface area contributed by atoms with Gasteiger partial charge < -0.3 is 9.47 Å². The summed E-state index contributed by atoms with van der Waals surface area (Å²) < 4.78 is 25.3. The molecule has 0 radical (unpaired) electrons. The molecule has 0 fully saturated rings. The molecule has 1 heterocycles. The molecule has 0 aliphatic carbocycles. The second kappa shape index (κ2) is 8.99. The molecule has 28 heavy (non-hydrogen) atoms. The van der Waals surface area contributed by atoms with Crippen LogP contribution in [0.15, 0.2) is 52.4 Å². The van der Waals surface area contributed by atoms with Crippen molar-refractivity contribution in [1.82, 2.24) is 9.55 Å². The Bertz CT molecular complexity index is 1070. The first-order valence-electron chi connectivity index (χ1n) is 8.53. The molecule has 6 nitrogen and oxygen atoms in total. The van der Waals surface area contributed by atoms with Crippen LogP contribution in [0.2, 0.25) is 0 Å². The third-order valence-electron chi connectivity index (χ3n) is 4.18. The number of hydrogen-bond acceptors (Lipinski definition) is 6. The number of rotatable bonds is 7. The summed E-state index contributed by atoms with van der Waals surface area (Å²) in [6.07, 6.45) is 0. The van der Waals surface area contributed by atoms with Crippen LogP contribution < -0.4 is 5.56 Å². The van der Waals surface area contributed by atoms with Crippen LogP contribution in [-0.2, 0) is 21.8 Å². The number of hydrogen-bond donors (Lipinski definition) is 0. The number of thioether (sulfide) groups is 1. The largest absolute Gasteiger partial charge is 0.465 e. The van der Waals surface area contributed by atoms with Crippen molar-refractivity contribution in [2.24, 2.45) is 0 Å². The Morgan fingerprint density at radius 1 is 1.21 bits per heavy atom. The zero-order chi connectivity index (χ0) is 20.1. The van der Waals surface area contributed by atoms with Crippen LogP contribution in [0, 0.1) is 5.82 Å². The predicted octanol–water partition coefficient (Wildman–Crippen LogP) is 3.26. The summed E-state index contributed by atoms with van der Waals surface area (Å²) in [5.41, 5.74) is 0.970. The maximum absolute atomic E-state index is 13.9. The highest BCUT2D eigenvalue weighted by atomic mass is 32.2. The lowest BCUT2D eigenvalue weighted by molar-refractivity contribution is 0.0601. The van der Waals surface area contributed by atoms with E-state index in [1.54, 1.807) is 31.4 Å². The summed E-state index contributed by atoms with van der Waals surface area (Å²) >= 11 is 1.25. The molecule has 0 unspecified atom stereocenters. The van der Waals surface area contributed by atoms with E-state index in [9.17, 15) is 14.0 Å². The summed E-state index contributed by atoms with van der Waals surface area (Å²) in [5, 5.41) is 0.818. The molecule has 8 heteroatoms. The number of aromatic nitrogens is 2. The molecular weight excluding hydrogens is 383 g/mol. The van der Waals surface area contributed by atoms with Gasteiger partial charge in [0.25, 0.3) is 5.56 Å². The zero-order valence-corrected chi connectivity index (χ0v) is 16.3. The number of carbonyl (C=O) groups is 1. The standard InChI is InChI=1S/C20H19FN2O4S/c1-26-10-9-23-18(24)15-8-7-13(19(25)27-2)11-17(15)22-20(23)28-12-14-5-3-4-6-16(14)21/h3-8,11H,9-10,12H2,1-2H3. The molecule has 2 aromatic carbocycles. The average molecular weight is 402 g/mol. The van der Waals surface area contributed by atoms with Crippen LogP contribution in [0.25, 0.3) is 10.9 Å². The second-order valence-electron chi connectivity index (χ2n) is 5.95. The molecule has 146 valence electrons. The fourth-order valence-corrected chi connectivity index (χ4v) is 3.70. The van der Waals surface area contributed by atoms with Gasteiger partial charge in [-0.1, -0.05) is 30.0 Å². The molecule has 0 saturated carbocycles. The quantitative estimate of drug-likeness (QED) is 0.343. The second-order valence-corrected chi connectivity index (χ2v) is 6.89. The van der Waals surface area contributed by atoms with Gasteiger partial charge in [-0.05, 0) is 29.8 Å². The van der Waals surface area contributed by atoms with Gasteiger partial charge in [0.05, 0.1) is 36.7 Å². The van der Waals surface area contributed by atoms with Crippen molar-refractivity contribution in [3.63, 3.8) is 0 Å². The average Bonchev–Trinajstić information content (AvgIpc) is 2.71. The molecule has 1 aromatic heterocycles. The highest BCUT2D eigenvalue weighted by Gasteiger charge is 2.15. The monoisotopic (exact) mass is 402 g/mol. The summed E-state index contributed by atoms with van der Waals surface area (Å²) in [4.78, 5) is 29.3. The van der Waals surface area contributed by atoms with Crippen LogP contribution in [0.4, 0.5) is 4.39 Å². The van der Waals surface area contributed by atoms with E-state index in [-0.39, 0.29) is 11.4 Å². The lowest BCUT2D eigenvalue weighted by Crippen LogP contribution is -2.25. The van der Waals surface area contributed by atoms with E-state index in [0.29, 0.717) is 46.1 Å². The number of methoxy groups -OCH3 is 2. The van der Waals surface area contributed by atoms with E-state index in [2.05, 4.69) is 4.98 Å². The summed E-state index contributed by atoms with van der Waals surface area (Å²) in [5.74, 6) is -0.503. The van der Waals surface area contributed by atoms with E-state index < -0.39 is 5.97 Å². The Kier molecular flexibility index (Phi) is 6.43.